The Morgan fingerprint density at radius 2 is 2.08 bits per heavy atom. The average Bonchev–Trinajstić information content (AvgIpc) is 3.22. The van der Waals surface area contributed by atoms with Gasteiger partial charge in [0, 0.05) is 19.6 Å². The smallest absolute Gasteiger partial charge is 0.287 e. The number of piperazine rings is 1. The lowest BCUT2D eigenvalue weighted by atomic mass is 10.00. The van der Waals surface area contributed by atoms with E-state index in [0.29, 0.717) is 13.1 Å². The number of hydrogen-bond acceptors (Lipinski definition) is 4. The van der Waals surface area contributed by atoms with Crippen molar-refractivity contribution in [1.82, 2.24) is 15.5 Å². The highest BCUT2D eigenvalue weighted by molar-refractivity contribution is 5.95. The van der Waals surface area contributed by atoms with Crippen molar-refractivity contribution in [1.29, 1.82) is 0 Å². The van der Waals surface area contributed by atoms with E-state index < -0.39 is 6.04 Å². The normalized spacial score (nSPS) is 18.4. The molecule has 26 heavy (non-hydrogen) atoms. The second-order valence-corrected chi connectivity index (χ2v) is 6.52. The van der Waals surface area contributed by atoms with E-state index in [9.17, 15) is 9.59 Å². The first kappa shape index (κ1) is 18.2. The molecular weight excluding hydrogens is 330 g/mol. The number of benzene rings is 1. The predicted octanol–water partition coefficient (Wildman–Crippen LogP) is 2.13. The fourth-order valence-corrected chi connectivity index (χ4v) is 3.23. The Labute approximate surface area is 153 Å². The zero-order chi connectivity index (χ0) is 18.5. The second kappa shape index (κ2) is 8.19. The molecule has 6 nitrogen and oxygen atoms in total. The molecule has 1 aliphatic rings. The molecule has 138 valence electrons. The lowest BCUT2D eigenvalue weighted by Gasteiger charge is -2.38. The van der Waals surface area contributed by atoms with Crippen LogP contribution < -0.4 is 10.6 Å². The van der Waals surface area contributed by atoms with E-state index >= 15 is 0 Å². The summed E-state index contributed by atoms with van der Waals surface area (Å²) in [4.78, 5) is 27.0. The van der Waals surface area contributed by atoms with E-state index in [0.717, 1.165) is 18.5 Å². The first-order valence-corrected chi connectivity index (χ1v) is 9.04. The van der Waals surface area contributed by atoms with Crippen molar-refractivity contribution in [2.24, 2.45) is 0 Å². The van der Waals surface area contributed by atoms with Crippen molar-refractivity contribution >= 4 is 11.8 Å². The molecule has 1 saturated heterocycles. The van der Waals surface area contributed by atoms with Gasteiger partial charge in [0.15, 0.2) is 5.76 Å². The molecular formula is C20H25N3O3. The Balaban J connectivity index is 1.71. The summed E-state index contributed by atoms with van der Waals surface area (Å²) in [6.45, 7) is 5.89. The minimum absolute atomic E-state index is 0.0369. The minimum atomic E-state index is -0.622. The Hall–Kier alpha value is -2.60. The SMILES string of the molecule is CCc1ccc(C2CNCCN2C(=O)C(C)NC(=O)c2ccco2)cc1. The van der Waals surface area contributed by atoms with E-state index in [4.69, 9.17) is 4.42 Å². The van der Waals surface area contributed by atoms with Gasteiger partial charge in [0.2, 0.25) is 5.91 Å². The molecule has 0 saturated carbocycles. The molecule has 1 aliphatic heterocycles. The summed E-state index contributed by atoms with van der Waals surface area (Å²) in [6, 6.07) is 11.0. The first-order chi connectivity index (χ1) is 12.6. The lowest BCUT2D eigenvalue weighted by molar-refractivity contribution is -0.136. The van der Waals surface area contributed by atoms with E-state index in [1.165, 1.54) is 11.8 Å². The third-order valence-electron chi connectivity index (χ3n) is 4.76. The number of rotatable bonds is 5. The summed E-state index contributed by atoms with van der Waals surface area (Å²) in [5.74, 6) is -0.262. The van der Waals surface area contributed by atoms with Crippen LogP contribution in [0.15, 0.2) is 47.1 Å². The van der Waals surface area contributed by atoms with Gasteiger partial charge >= 0.3 is 0 Å². The van der Waals surface area contributed by atoms with Crippen LogP contribution in [-0.2, 0) is 11.2 Å². The molecule has 2 amide bonds. The molecule has 0 radical (unpaired) electrons. The average molecular weight is 355 g/mol. The molecule has 2 N–H and O–H groups in total. The van der Waals surface area contributed by atoms with Crippen LogP contribution in [0, 0.1) is 0 Å². The molecule has 0 bridgehead atoms. The van der Waals surface area contributed by atoms with E-state index in [1.807, 2.05) is 4.90 Å². The molecule has 2 unspecified atom stereocenters. The second-order valence-electron chi connectivity index (χ2n) is 6.52. The number of furan rings is 1. The molecule has 1 fully saturated rings. The van der Waals surface area contributed by atoms with Crippen molar-refractivity contribution in [2.75, 3.05) is 19.6 Å². The predicted molar refractivity (Wildman–Crippen MR) is 98.8 cm³/mol. The topological polar surface area (TPSA) is 74.6 Å². The molecule has 2 heterocycles. The van der Waals surface area contributed by atoms with E-state index in [1.54, 1.807) is 19.1 Å². The highest BCUT2D eigenvalue weighted by atomic mass is 16.3. The maximum absolute atomic E-state index is 13.0. The number of amides is 2. The standard InChI is InChI=1S/C20H25N3O3/c1-3-15-6-8-16(9-7-15)17-13-21-10-11-23(17)20(25)14(2)22-19(24)18-5-4-12-26-18/h4-9,12,14,17,21H,3,10-11,13H2,1-2H3,(H,22,24). The molecule has 2 aromatic rings. The van der Waals surface area contributed by atoms with Crippen molar-refractivity contribution in [3.63, 3.8) is 0 Å². The molecule has 1 aromatic heterocycles. The third kappa shape index (κ3) is 3.96. The summed E-state index contributed by atoms with van der Waals surface area (Å²) in [5, 5.41) is 6.08. The Kier molecular flexibility index (Phi) is 5.73. The van der Waals surface area contributed by atoms with Crippen LogP contribution in [0.3, 0.4) is 0 Å². The maximum Gasteiger partial charge on any atom is 0.287 e. The molecule has 2 atom stereocenters. The number of nitrogens with one attached hydrogen (secondary N) is 2. The Bertz CT molecular complexity index is 740. The minimum Gasteiger partial charge on any atom is -0.459 e. The Morgan fingerprint density at radius 1 is 1.31 bits per heavy atom. The van der Waals surface area contributed by atoms with Crippen molar-refractivity contribution in [3.05, 3.63) is 59.5 Å². The lowest BCUT2D eigenvalue weighted by Crippen LogP contribution is -2.54. The van der Waals surface area contributed by atoms with E-state index in [-0.39, 0.29) is 23.6 Å². The summed E-state index contributed by atoms with van der Waals surface area (Å²) < 4.78 is 5.09. The molecule has 0 aliphatic carbocycles. The van der Waals surface area contributed by atoms with Crippen LogP contribution in [0.4, 0.5) is 0 Å². The molecule has 1 aromatic carbocycles. The van der Waals surface area contributed by atoms with Gasteiger partial charge in [-0.05, 0) is 36.6 Å². The zero-order valence-electron chi connectivity index (χ0n) is 15.2. The summed E-state index contributed by atoms with van der Waals surface area (Å²) in [5.41, 5.74) is 2.38. The summed E-state index contributed by atoms with van der Waals surface area (Å²) in [6.07, 6.45) is 2.43. The van der Waals surface area contributed by atoms with Gasteiger partial charge in [0.1, 0.15) is 6.04 Å². The monoisotopic (exact) mass is 355 g/mol. The number of hydrogen-bond donors (Lipinski definition) is 2. The molecule has 3 rings (SSSR count). The van der Waals surface area contributed by atoms with Gasteiger partial charge in [-0.1, -0.05) is 31.2 Å². The highest BCUT2D eigenvalue weighted by Gasteiger charge is 2.31. The highest BCUT2D eigenvalue weighted by Crippen LogP contribution is 2.23. The third-order valence-corrected chi connectivity index (χ3v) is 4.76. The number of nitrogens with zero attached hydrogens (tertiary/aromatic N) is 1. The van der Waals surface area contributed by atoms with Crippen LogP contribution in [0.5, 0.6) is 0 Å². The molecule has 0 spiro atoms. The van der Waals surface area contributed by atoms with Crippen molar-refractivity contribution in [2.45, 2.75) is 32.4 Å². The van der Waals surface area contributed by atoms with Crippen LogP contribution in [-0.4, -0.2) is 42.4 Å². The Morgan fingerprint density at radius 3 is 2.73 bits per heavy atom. The maximum atomic E-state index is 13.0. The van der Waals surface area contributed by atoms with Gasteiger partial charge in [0.05, 0.1) is 12.3 Å². The van der Waals surface area contributed by atoms with E-state index in [2.05, 4.69) is 41.8 Å². The van der Waals surface area contributed by atoms with Gasteiger partial charge in [-0.25, -0.2) is 0 Å². The zero-order valence-corrected chi connectivity index (χ0v) is 15.2. The van der Waals surface area contributed by atoms with Gasteiger partial charge in [-0.3, -0.25) is 9.59 Å². The van der Waals surface area contributed by atoms with Crippen LogP contribution in [0.25, 0.3) is 0 Å². The largest absolute Gasteiger partial charge is 0.459 e. The number of carbonyl (C=O) groups excluding carboxylic acids is 2. The number of carbonyl (C=O) groups is 2. The fourth-order valence-electron chi connectivity index (χ4n) is 3.23. The van der Waals surface area contributed by atoms with Crippen molar-refractivity contribution in [3.8, 4) is 0 Å². The van der Waals surface area contributed by atoms with Crippen LogP contribution in [0.1, 0.15) is 41.6 Å². The van der Waals surface area contributed by atoms with Crippen LogP contribution >= 0.6 is 0 Å². The van der Waals surface area contributed by atoms with Gasteiger partial charge in [0.25, 0.3) is 5.91 Å². The summed E-state index contributed by atoms with van der Waals surface area (Å²) in [7, 11) is 0. The van der Waals surface area contributed by atoms with Gasteiger partial charge in [-0.15, -0.1) is 0 Å². The van der Waals surface area contributed by atoms with Crippen molar-refractivity contribution < 1.29 is 14.0 Å². The van der Waals surface area contributed by atoms with Gasteiger partial charge < -0.3 is 20.0 Å². The quantitative estimate of drug-likeness (QED) is 0.862. The first-order valence-electron chi connectivity index (χ1n) is 9.04. The van der Waals surface area contributed by atoms with Crippen LogP contribution in [0.2, 0.25) is 0 Å². The molecule has 6 heteroatoms. The fraction of sp³-hybridized carbons (Fsp3) is 0.400. The van der Waals surface area contributed by atoms with Gasteiger partial charge in [-0.2, -0.15) is 0 Å². The number of aryl methyl sites for hydroxylation is 1. The summed E-state index contributed by atoms with van der Waals surface area (Å²) >= 11 is 0.